The molecular weight excluding hydrogens is 348 g/mol. The van der Waals surface area contributed by atoms with Gasteiger partial charge in [-0.05, 0) is 23.6 Å². The number of nitrogens with two attached hydrogens (primary N) is 1. The quantitative estimate of drug-likeness (QED) is 0.725. The van der Waals surface area contributed by atoms with E-state index in [-0.39, 0.29) is 5.91 Å². The summed E-state index contributed by atoms with van der Waals surface area (Å²) < 4.78 is 1.08. The van der Waals surface area contributed by atoms with Crippen molar-refractivity contribution in [1.82, 2.24) is 0 Å². The molecule has 0 aliphatic carbocycles. The maximum Gasteiger partial charge on any atom is 0.249 e. The average molecular weight is 361 g/mol. The average Bonchev–Trinajstić information content (AvgIpc) is 2.96. The van der Waals surface area contributed by atoms with Gasteiger partial charge in [0.25, 0.3) is 0 Å². The molecule has 0 fully saturated rings. The molecule has 3 N–H and O–H groups in total. The lowest BCUT2D eigenvalue weighted by atomic mass is 10.1. The lowest BCUT2D eigenvalue weighted by molar-refractivity contribution is 0.100. The van der Waals surface area contributed by atoms with Gasteiger partial charge in [-0.2, -0.15) is 0 Å². The van der Waals surface area contributed by atoms with Crippen molar-refractivity contribution in [2.45, 2.75) is 6.54 Å². The Balaban J connectivity index is 1.85. The van der Waals surface area contributed by atoms with E-state index in [9.17, 15) is 4.79 Å². The van der Waals surface area contributed by atoms with Gasteiger partial charge in [-0.1, -0.05) is 40.2 Å². The van der Waals surface area contributed by atoms with Crippen LogP contribution in [0.2, 0.25) is 0 Å². The fourth-order valence-electron chi connectivity index (χ4n) is 2.20. The number of fused-ring (bicyclic) bond motifs is 1. The van der Waals surface area contributed by atoms with E-state index in [1.54, 1.807) is 5.38 Å². The van der Waals surface area contributed by atoms with Gasteiger partial charge in [-0.3, -0.25) is 4.79 Å². The first-order valence-electron chi connectivity index (χ1n) is 6.43. The van der Waals surface area contributed by atoms with Gasteiger partial charge < -0.3 is 11.1 Å². The molecule has 0 spiro atoms. The molecule has 5 heteroatoms. The second-order valence-corrected chi connectivity index (χ2v) is 6.51. The zero-order valence-electron chi connectivity index (χ0n) is 11.1. The molecule has 0 aliphatic rings. The molecule has 0 saturated carbocycles. The van der Waals surface area contributed by atoms with Gasteiger partial charge in [-0.25, -0.2) is 0 Å². The monoisotopic (exact) mass is 360 g/mol. The Kier molecular flexibility index (Phi) is 3.94. The van der Waals surface area contributed by atoms with E-state index in [0.717, 1.165) is 15.0 Å². The molecule has 3 rings (SSSR count). The van der Waals surface area contributed by atoms with Gasteiger partial charge in [0.1, 0.15) is 0 Å². The number of benzene rings is 2. The van der Waals surface area contributed by atoms with Crippen LogP contribution in [0.5, 0.6) is 0 Å². The number of thiophene rings is 1. The molecule has 0 saturated heterocycles. The number of hydrogen-bond donors (Lipinski definition) is 2. The topological polar surface area (TPSA) is 55.1 Å². The zero-order chi connectivity index (χ0) is 14.8. The minimum Gasteiger partial charge on any atom is -0.380 e. The lowest BCUT2D eigenvalue weighted by Crippen LogP contribution is -2.09. The predicted molar refractivity (Wildman–Crippen MR) is 91.8 cm³/mol. The Morgan fingerprint density at radius 2 is 1.95 bits per heavy atom. The summed E-state index contributed by atoms with van der Waals surface area (Å²) in [4.78, 5) is 12.2. The van der Waals surface area contributed by atoms with Crippen LogP contribution in [-0.2, 0) is 6.54 Å². The normalized spacial score (nSPS) is 10.7. The van der Waals surface area contributed by atoms with E-state index in [0.29, 0.717) is 12.1 Å². The van der Waals surface area contributed by atoms with Crippen molar-refractivity contribution < 1.29 is 4.79 Å². The first-order chi connectivity index (χ1) is 10.1. The van der Waals surface area contributed by atoms with Crippen LogP contribution in [0.15, 0.2) is 52.3 Å². The first kappa shape index (κ1) is 14.1. The molecule has 21 heavy (non-hydrogen) atoms. The van der Waals surface area contributed by atoms with E-state index < -0.39 is 0 Å². The van der Waals surface area contributed by atoms with E-state index >= 15 is 0 Å². The molecular formula is C16H13BrN2OS. The van der Waals surface area contributed by atoms with E-state index in [2.05, 4.69) is 39.4 Å². The molecule has 0 unspecified atom stereocenters. The Morgan fingerprint density at radius 1 is 1.19 bits per heavy atom. The fraction of sp³-hybridized carbons (Fsp3) is 0.0625. The number of carbonyl (C=O) groups is 1. The van der Waals surface area contributed by atoms with Crippen LogP contribution in [0.1, 0.15) is 15.2 Å². The zero-order valence-corrected chi connectivity index (χ0v) is 13.5. The second kappa shape index (κ2) is 5.87. The molecule has 0 bridgehead atoms. The van der Waals surface area contributed by atoms with Gasteiger partial charge in [0.15, 0.2) is 0 Å². The number of amides is 1. The first-order valence-corrected chi connectivity index (χ1v) is 8.11. The maximum atomic E-state index is 11.1. The summed E-state index contributed by atoms with van der Waals surface area (Å²) >= 11 is 5.10. The summed E-state index contributed by atoms with van der Waals surface area (Å²) in [7, 11) is 0. The number of hydrogen-bond acceptors (Lipinski definition) is 3. The van der Waals surface area contributed by atoms with Crippen molar-refractivity contribution in [3.8, 4) is 0 Å². The molecule has 0 aliphatic heterocycles. The van der Waals surface area contributed by atoms with Gasteiger partial charge >= 0.3 is 0 Å². The number of anilines is 1. The number of primary amides is 1. The summed E-state index contributed by atoms with van der Waals surface area (Å²) in [6, 6.07) is 14.1. The van der Waals surface area contributed by atoms with Crippen molar-refractivity contribution in [2.75, 3.05) is 5.32 Å². The van der Waals surface area contributed by atoms with Gasteiger partial charge in [0, 0.05) is 32.3 Å². The Bertz CT molecular complexity index is 813. The number of halogens is 1. The van der Waals surface area contributed by atoms with E-state index in [4.69, 9.17) is 5.73 Å². The third kappa shape index (κ3) is 2.94. The Labute approximate surface area is 134 Å². The smallest absolute Gasteiger partial charge is 0.249 e. The minimum atomic E-state index is -0.383. The van der Waals surface area contributed by atoms with Gasteiger partial charge in [0.05, 0.1) is 5.56 Å². The molecule has 2 aromatic carbocycles. The van der Waals surface area contributed by atoms with Crippen LogP contribution in [0.3, 0.4) is 0 Å². The Morgan fingerprint density at radius 3 is 2.67 bits per heavy atom. The third-order valence-electron chi connectivity index (χ3n) is 3.26. The highest BCUT2D eigenvalue weighted by Crippen LogP contribution is 2.30. The standard InChI is InChI=1S/C16H13BrN2OS/c17-14-5-6-15(13-4-2-1-3-12(13)14)19-8-11-7-10(9-21-11)16(18)20/h1-7,9,19H,8H2,(H2,18,20). The minimum absolute atomic E-state index is 0.383. The highest BCUT2D eigenvalue weighted by atomic mass is 79.9. The fourth-order valence-corrected chi connectivity index (χ4v) is 3.49. The lowest BCUT2D eigenvalue weighted by Gasteiger charge is -2.10. The van der Waals surface area contributed by atoms with Crippen LogP contribution >= 0.6 is 27.3 Å². The number of nitrogens with one attached hydrogen (secondary N) is 1. The summed E-state index contributed by atoms with van der Waals surface area (Å²) in [5.41, 5.74) is 6.91. The van der Waals surface area contributed by atoms with Crippen LogP contribution in [-0.4, -0.2) is 5.91 Å². The van der Waals surface area contributed by atoms with Crippen molar-refractivity contribution in [2.24, 2.45) is 5.73 Å². The largest absolute Gasteiger partial charge is 0.380 e. The van der Waals surface area contributed by atoms with Crippen LogP contribution in [0.4, 0.5) is 5.69 Å². The molecule has 1 amide bonds. The van der Waals surface area contributed by atoms with Crippen molar-refractivity contribution in [3.05, 3.63) is 62.8 Å². The molecule has 0 radical (unpaired) electrons. The Hall–Kier alpha value is -1.85. The molecule has 3 aromatic rings. The summed E-state index contributed by atoms with van der Waals surface area (Å²) in [5.74, 6) is -0.383. The number of rotatable bonds is 4. The van der Waals surface area contributed by atoms with E-state index in [1.165, 1.54) is 22.1 Å². The van der Waals surface area contributed by atoms with Crippen molar-refractivity contribution >= 4 is 49.6 Å². The summed E-state index contributed by atoms with van der Waals surface area (Å²) in [6.45, 7) is 0.670. The van der Waals surface area contributed by atoms with E-state index in [1.807, 2.05) is 24.3 Å². The predicted octanol–water partition coefficient (Wildman–Crippen LogP) is 4.37. The highest BCUT2D eigenvalue weighted by molar-refractivity contribution is 9.10. The number of carbonyl (C=O) groups excluding carboxylic acids is 1. The second-order valence-electron chi connectivity index (χ2n) is 4.66. The van der Waals surface area contributed by atoms with Crippen LogP contribution in [0, 0.1) is 0 Å². The highest BCUT2D eigenvalue weighted by Gasteiger charge is 2.06. The van der Waals surface area contributed by atoms with Crippen molar-refractivity contribution in [1.29, 1.82) is 0 Å². The molecule has 106 valence electrons. The summed E-state index contributed by atoms with van der Waals surface area (Å²) in [5, 5.41) is 7.55. The maximum absolute atomic E-state index is 11.1. The van der Waals surface area contributed by atoms with Crippen LogP contribution < -0.4 is 11.1 Å². The SMILES string of the molecule is NC(=O)c1csc(CNc2ccc(Br)c3ccccc23)c1. The van der Waals surface area contributed by atoms with Gasteiger partial charge in [0.2, 0.25) is 5.91 Å². The third-order valence-corrected chi connectivity index (χ3v) is 4.89. The molecule has 0 atom stereocenters. The summed E-state index contributed by atoms with van der Waals surface area (Å²) in [6.07, 6.45) is 0. The van der Waals surface area contributed by atoms with Gasteiger partial charge in [-0.15, -0.1) is 11.3 Å². The molecule has 1 aromatic heterocycles. The van der Waals surface area contributed by atoms with Crippen molar-refractivity contribution in [3.63, 3.8) is 0 Å². The molecule has 3 nitrogen and oxygen atoms in total. The van der Waals surface area contributed by atoms with Crippen LogP contribution in [0.25, 0.3) is 10.8 Å². The molecule has 1 heterocycles.